The Kier molecular flexibility index (Phi) is 6.41. The number of carbonyl (C=O) groups is 3. The smallest absolute Gasteiger partial charge is 0.407 e. The molecule has 1 atom stereocenters. The number of hydrogen-bond acceptors (Lipinski definition) is 5. The number of amides is 2. The topological polar surface area (TPSA) is 105 Å². The molecule has 2 amide bonds. The first-order chi connectivity index (χ1) is 15.4. The zero-order valence-corrected chi connectivity index (χ0v) is 18.6. The summed E-state index contributed by atoms with van der Waals surface area (Å²) in [6, 6.07) is 15.3. The number of fused-ring (bicyclic) bond motifs is 3. The molecule has 1 fully saturated rings. The number of thioether (sulfide) groups is 1. The number of alkyl carbamates (subject to hydrolysis) is 1. The van der Waals surface area contributed by atoms with Crippen LogP contribution in [-0.4, -0.2) is 53.3 Å². The lowest BCUT2D eigenvalue weighted by Crippen LogP contribution is -2.53. The summed E-state index contributed by atoms with van der Waals surface area (Å²) in [5.41, 5.74) is 3.29. The molecule has 2 aliphatic carbocycles. The monoisotopic (exact) mass is 454 g/mol. The highest BCUT2D eigenvalue weighted by Gasteiger charge is 2.52. The number of ether oxygens (including phenoxy) is 1. The first kappa shape index (κ1) is 22.2. The largest absolute Gasteiger partial charge is 0.480 e. The molecule has 0 heterocycles. The van der Waals surface area contributed by atoms with Crippen LogP contribution in [0.4, 0.5) is 4.79 Å². The number of rotatable bonds is 9. The molecule has 0 bridgehead atoms. The number of carboxylic acid groups (broad SMARTS) is 1. The maximum atomic E-state index is 12.7. The van der Waals surface area contributed by atoms with Crippen LogP contribution >= 0.6 is 11.8 Å². The second-order valence-corrected chi connectivity index (χ2v) is 9.17. The summed E-state index contributed by atoms with van der Waals surface area (Å²) in [5.74, 6) is -0.974. The van der Waals surface area contributed by atoms with Crippen molar-refractivity contribution < 1.29 is 24.2 Å². The number of carbonyl (C=O) groups excluding carboxylic acids is 2. The molecule has 0 unspecified atom stereocenters. The summed E-state index contributed by atoms with van der Waals surface area (Å²) in [6.07, 6.45) is 2.39. The minimum Gasteiger partial charge on any atom is -0.480 e. The molecule has 2 aromatic rings. The number of nitrogens with one attached hydrogen (secondary N) is 2. The Bertz CT molecular complexity index is 991. The molecular formula is C24H26N2O5S. The lowest BCUT2D eigenvalue weighted by Gasteiger charge is -2.21. The van der Waals surface area contributed by atoms with Gasteiger partial charge in [-0.1, -0.05) is 48.5 Å². The molecule has 168 valence electrons. The van der Waals surface area contributed by atoms with Gasteiger partial charge < -0.3 is 20.5 Å². The van der Waals surface area contributed by atoms with Gasteiger partial charge in [0.05, 0.1) is 0 Å². The number of benzene rings is 2. The van der Waals surface area contributed by atoms with Crippen molar-refractivity contribution in [1.82, 2.24) is 10.6 Å². The summed E-state index contributed by atoms with van der Waals surface area (Å²) in [4.78, 5) is 36.7. The molecule has 0 aliphatic heterocycles. The van der Waals surface area contributed by atoms with Crippen LogP contribution in [0, 0.1) is 0 Å². The van der Waals surface area contributed by atoms with Crippen LogP contribution in [0.1, 0.15) is 36.3 Å². The Balaban J connectivity index is 1.40. The molecule has 0 radical (unpaired) electrons. The minimum absolute atomic E-state index is 0.0756. The van der Waals surface area contributed by atoms with Gasteiger partial charge in [-0.3, -0.25) is 4.79 Å². The molecule has 0 spiro atoms. The van der Waals surface area contributed by atoms with Gasteiger partial charge in [0.15, 0.2) is 0 Å². The van der Waals surface area contributed by atoms with E-state index in [-0.39, 0.29) is 12.5 Å². The van der Waals surface area contributed by atoms with Crippen molar-refractivity contribution in [2.24, 2.45) is 0 Å². The van der Waals surface area contributed by atoms with Gasteiger partial charge in [0.2, 0.25) is 5.91 Å². The summed E-state index contributed by atoms with van der Waals surface area (Å²) in [5, 5.41) is 14.5. The third kappa shape index (κ3) is 4.46. The second-order valence-electron chi connectivity index (χ2n) is 8.18. The quantitative estimate of drug-likeness (QED) is 0.537. The van der Waals surface area contributed by atoms with Crippen LogP contribution in [0.3, 0.4) is 0 Å². The molecule has 4 rings (SSSR count). The second kappa shape index (κ2) is 9.24. The maximum Gasteiger partial charge on any atom is 0.407 e. The third-order valence-corrected chi connectivity index (χ3v) is 6.73. The number of hydrogen-bond donors (Lipinski definition) is 3. The summed E-state index contributed by atoms with van der Waals surface area (Å²) >= 11 is 1.54. The van der Waals surface area contributed by atoms with Crippen molar-refractivity contribution in [3.8, 4) is 11.1 Å². The van der Waals surface area contributed by atoms with Crippen LogP contribution in [0.25, 0.3) is 11.1 Å². The molecule has 0 saturated heterocycles. The Morgan fingerprint density at radius 2 is 1.69 bits per heavy atom. The normalized spacial score (nSPS) is 16.4. The van der Waals surface area contributed by atoms with E-state index in [1.54, 1.807) is 11.8 Å². The fourth-order valence-electron chi connectivity index (χ4n) is 4.13. The van der Waals surface area contributed by atoms with E-state index in [0.29, 0.717) is 25.0 Å². The molecule has 7 nitrogen and oxygen atoms in total. The van der Waals surface area contributed by atoms with Crippen molar-refractivity contribution in [3.63, 3.8) is 0 Å². The van der Waals surface area contributed by atoms with Crippen molar-refractivity contribution >= 4 is 29.7 Å². The van der Waals surface area contributed by atoms with Crippen LogP contribution in [0.15, 0.2) is 48.5 Å². The standard InChI is InChI=1S/C24H26N2O5S/c1-32-13-10-20(21(27)26-24(11-12-24)22(28)29)25-23(30)31-14-19-17-8-4-2-6-15(17)16-7-3-5-9-18(16)19/h2-9,19-20H,10-14H2,1H3,(H,25,30)(H,26,27)(H,28,29)/t20-/m1/s1. The number of carboxylic acids is 1. The lowest BCUT2D eigenvalue weighted by molar-refractivity contribution is -0.143. The lowest BCUT2D eigenvalue weighted by atomic mass is 9.98. The van der Waals surface area contributed by atoms with Gasteiger partial charge in [-0.2, -0.15) is 11.8 Å². The van der Waals surface area contributed by atoms with Gasteiger partial charge in [0.25, 0.3) is 0 Å². The molecule has 2 aromatic carbocycles. The highest BCUT2D eigenvalue weighted by Crippen LogP contribution is 2.44. The van der Waals surface area contributed by atoms with Crippen molar-refractivity contribution in [2.75, 3.05) is 18.6 Å². The van der Waals surface area contributed by atoms with Gasteiger partial charge in [-0.05, 0) is 53.5 Å². The van der Waals surface area contributed by atoms with Crippen LogP contribution < -0.4 is 10.6 Å². The average Bonchev–Trinajstić information content (AvgIpc) is 3.51. The van der Waals surface area contributed by atoms with E-state index >= 15 is 0 Å². The van der Waals surface area contributed by atoms with Gasteiger partial charge in [-0.15, -0.1) is 0 Å². The van der Waals surface area contributed by atoms with Crippen LogP contribution in [0.2, 0.25) is 0 Å². The van der Waals surface area contributed by atoms with Gasteiger partial charge in [0.1, 0.15) is 18.2 Å². The van der Waals surface area contributed by atoms with Gasteiger partial charge in [0, 0.05) is 5.92 Å². The highest BCUT2D eigenvalue weighted by molar-refractivity contribution is 7.98. The van der Waals surface area contributed by atoms with E-state index in [1.807, 2.05) is 42.7 Å². The van der Waals surface area contributed by atoms with Crippen molar-refractivity contribution in [1.29, 1.82) is 0 Å². The van der Waals surface area contributed by atoms with E-state index < -0.39 is 29.6 Å². The van der Waals surface area contributed by atoms with Crippen molar-refractivity contribution in [2.45, 2.75) is 36.8 Å². The third-order valence-electron chi connectivity index (χ3n) is 6.08. The predicted molar refractivity (Wildman–Crippen MR) is 123 cm³/mol. The molecule has 3 N–H and O–H groups in total. The van der Waals surface area contributed by atoms with Gasteiger partial charge in [-0.25, -0.2) is 9.59 Å². The molecular weight excluding hydrogens is 428 g/mol. The molecule has 0 aromatic heterocycles. The zero-order chi connectivity index (χ0) is 22.7. The predicted octanol–water partition coefficient (Wildman–Crippen LogP) is 3.38. The summed E-state index contributed by atoms with van der Waals surface area (Å²) in [6.45, 7) is 0.149. The average molecular weight is 455 g/mol. The SMILES string of the molecule is CSCC[C@@H](NC(=O)OCC1c2ccccc2-c2ccccc21)C(=O)NC1(C(=O)O)CC1. The fourth-order valence-corrected chi connectivity index (χ4v) is 4.60. The summed E-state index contributed by atoms with van der Waals surface area (Å²) < 4.78 is 5.54. The van der Waals surface area contributed by atoms with Crippen LogP contribution in [-0.2, 0) is 14.3 Å². The summed E-state index contributed by atoms with van der Waals surface area (Å²) in [7, 11) is 0. The Morgan fingerprint density at radius 1 is 1.09 bits per heavy atom. The highest BCUT2D eigenvalue weighted by atomic mass is 32.2. The zero-order valence-electron chi connectivity index (χ0n) is 17.8. The molecule has 32 heavy (non-hydrogen) atoms. The van der Waals surface area contributed by atoms with Crippen molar-refractivity contribution in [3.05, 3.63) is 59.7 Å². The Labute approximate surface area is 190 Å². The van der Waals surface area contributed by atoms with Gasteiger partial charge >= 0.3 is 12.1 Å². The number of aliphatic carboxylic acids is 1. The maximum absolute atomic E-state index is 12.7. The van der Waals surface area contributed by atoms with Crippen LogP contribution in [0.5, 0.6) is 0 Å². The molecule has 1 saturated carbocycles. The molecule has 8 heteroatoms. The van der Waals surface area contributed by atoms with E-state index in [2.05, 4.69) is 22.8 Å². The Hall–Kier alpha value is -3.00. The first-order valence-electron chi connectivity index (χ1n) is 10.6. The van der Waals surface area contributed by atoms with E-state index in [4.69, 9.17) is 4.74 Å². The molecule has 2 aliphatic rings. The van der Waals surface area contributed by atoms with E-state index in [1.165, 1.54) is 0 Å². The first-order valence-corrected chi connectivity index (χ1v) is 12.0. The fraction of sp³-hybridized carbons (Fsp3) is 0.375. The Morgan fingerprint density at radius 3 is 2.22 bits per heavy atom. The van der Waals surface area contributed by atoms with E-state index in [9.17, 15) is 19.5 Å². The van der Waals surface area contributed by atoms with E-state index in [0.717, 1.165) is 22.3 Å². The minimum atomic E-state index is -1.20.